The third-order valence-electron chi connectivity index (χ3n) is 4.28. The minimum absolute atomic E-state index is 0.00507. The average Bonchev–Trinajstić information content (AvgIpc) is 3.20. The molecule has 0 spiro atoms. The number of carbonyl (C=O) groups excluding carboxylic acids is 1. The first-order valence-corrected chi connectivity index (χ1v) is 8.99. The van der Waals surface area contributed by atoms with Crippen LogP contribution in [0, 0.1) is 0 Å². The van der Waals surface area contributed by atoms with Gasteiger partial charge < -0.3 is 14.8 Å². The molecular weight excluding hydrogens is 403 g/mol. The Balaban J connectivity index is 1.33. The summed E-state index contributed by atoms with van der Waals surface area (Å²) in [6.45, 7) is 0.261. The van der Waals surface area contributed by atoms with Gasteiger partial charge in [-0.25, -0.2) is 0 Å². The van der Waals surface area contributed by atoms with Gasteiger partial charge in [0, 0.05) is 5.56 Å². The number of benzene rings is 2. The Morgan fingerprint density at radius 3 is 2.77 bits per heavy atom. The molecule has 0 radical (unpaired) electrons. The van der Waals surface area contributed by atoms with Gasteiger partial charge in [-0.1, -0.05) is 24.3 Å². The Labute approximate surface area is 168 Å². The van der Waals surface area contributed by atoms with E-state index in [1.54, 1.807) is 12.1 Å². The monoisotopic (exact) mass is 419 g/mol. The molecule has 0 saturated heterocycles. The number of tetrazole rings is 1. The zero-order chi connectivity index (χ0) is 21.1. The fourth-order valence-corrected chi connectivity index (χ4v) is 2.84. The molecular formula is C19H16F3N5O3. The van der Waals surface area contributed by atoms with Crippen LogP contribution in [0.4, 0.5) is 13.2 Å². The quantitative estimate of drug-likeness (QED) is 0.683. The molecule has 156 valence electrons. The minimum atomic E-state index is -4.47. The molecule has 11 heteroatoms. The van der Waals surface area contributed by atoms with Crippen molar-refractivity contribution >= 4 is 5.91 Å². The largest absolute Gasteiger partial charge is 0.486 e. The number of hydrogen-bond donors (Lipinski definition) is 1. The zero-order valence-electron chi connectivity index (χ0n) is 15.5. The summed E-state index contributed by atoms with van der Waals surface area (Å²) in [6.07, 6.45) is -4.83. The van der Waals surface area contributed by atoms with Crippen molar-refractivity contribution in [2.24, 2.45) is 0 Å². The molecule has 1 amide bonds. The van der Waals surface area contributed by atoms with E-state index in [1.165, 1.54) is 12.1 Å². The maximum atomic E-state index is 12.8. The van der Waals surface area contributed by atoms with Gasteiger partial charge in [-0.05, 0) is 29.5 Å². The average molecular weight is 419 g/mol. The summed E-state index contributed by atoms with van der Waals surface area (Å²) >= 11 is 0. The highest BCUT2D eigenvalue weighted by atomic mass is 19.4. The molecule has 0 saturated carbocycles. The van der Waals surface area contributed by atoms with Crippen LogP contribution in [0.15, 0.2) is 48.5 Å². The minimum Gasteiger partial charge on any atom is -0.486 e. The van der Waals surface area contributed by atoms with Crippen molar-refractivity contribution in [3.05, 3.63) is 54.1 Å². The van der Waals surface area contributed by atoms with E-state index in [0.29, 0.717) is 18.1 Å². The Hall–Kier alpha value is -3.63. The fraction of sp³-hybridized carbons (Fsp3) is 0.263. The Morgan fingerprint density at radius 2 is 1.97 bits per heavy atom. The number of rotatable bonds is 5. The van der Waals surface area contributed by atoms with Crippen molar-refractivity contribution in [1.82, 2.24) is 25.5 Å². The molecule has 0 fully saturated rings. The maximum absolute atomic E-state index is 12.8. The maximum Gasteiger partial charge on any atom is 0.416 e. The van der Waals surface area contributed by atoms with Gasteiger partial charge in [0.25, 0.3) is 0 Å². The number of ether oxygens (including phenoxy) is 2. The Kier molecular flexibility index (Phi) is 5.25. The van der Waals surface area contributed by atoms with Crippen molar-refractivity contribution in [2.45, 2.75) is 18.8 Å². The topological polar surface area (TPSA) is 91.2 Å². The predicted octanol–water partition coefficient (Wildman–Crippen LogP) is 2.32. The standard InChI is InChI=1S/C19H16F3N5O3/c20-19(21,22)13-5-3-4-12(8-13)18-24-26-27(25-18)10-17(28)23-9-14-11-29-15-6-1-2-7-16(15)30-14/h1-8,14H,9-11H2,(H,23,28)/t14-/m0/s1. The van der Waals surface area contributed by atoms with Crippen LogP contribution < -0.4 is 14.8 Å². The van der Waals surface area contributed by atoms with Gasteiger partial charge >= 0.3 is 6.18 Å². The molecule has 1 aromatic heterocycles. The number of halogens is 3. The van der Waals surface area contributed by atoms with E-state index in [4.69, 9.17) is 9.47 Å². The lowest BCUT2D eigenvalue weighted by Gasteiger charge is -2.26. The lowest BCUT2D eigenvalue weighted by atomic mass is 10.1. The molecule has 1 N–H and O–H groups in total. The van der Waals surface area contributed by atoms with E-state index in [9.17, 15) is 18.0 Å². The molecule has 4 rings (SSSR count). The van der Waals surface area contributed by atoms with Crippen LogP contribution in [-0.4, -0.2) is 45.4 Å². The van der Waals surface area contributed by atoms with Crippen LogP contribution in [0.3, 0.4) is 0 Å². The van der Waals surface area contributed by atoms with Crippen LogP contribution in [0.25, 0.3) is 11.4 Å². The molecule has 0 aliphatic carbocycles. The van der Waals surface area contributed by atoms with Gasteiger partial charge in [0.2, 0.25) is 11.7 Å². The van der Waals surface area contributed by atoms with Gasteiger partial charge in [0.15, 0.2) is 11.5 Å². The summed E-state index contributed by atoms with van der Waals surface area (Å²) < 4.78 is 49.9. The summed E-state index contributed by atoms with van der Waals surface area (Å²) in [7, 11) is 0. The molecule has 2 aromatic carbocycles. The third kappa shape index (κ3) is 4.50. The van der Waals surface area contributed by atoms with Gasteiger partial charge in [-0.15, -0.1) is 10.2 Å². The number of hydrogen-bond acceptors (Lipinski definition) is 6. The highest BCUT2D eigenvalue weighted by molar-refractivity contribution is 5.75. The number of carbonyl (C=O) groups is 1. The van der Waals surface area contributed by atoms with Gasteiger partial charge in [0.05, 0.1) is 12.1 Å². The number of nitrogens with one attached hydrogen (secondary N) is 1. The highest BCUT2D eigenvalue weighted by Gasteiger charge is 2.30. The second kappa shape index (κ2) is 8.01. The van der Waals surface area contributed by atoms with Gasteiger partial charge in [-0.3, -0.25) is 4.79 Å². The smallest absolute Gasteiger partial charge is 0.416 e. The van der Waals surface area contributed by atoms with Gasteiger partial charge in [-0.2, -0.15) is 18.0 Å². The summed E-state index contributed by atoms with van der Waals surface area (Å²) in [5.41, 5.74) is -0.659. The van der Waals surface area contributed by atoms with E-state index in [2.05, 4.69) is 20.7 Å². The van der Waals surface area contributed by atoms with Crippen molar-refractivity contribution in [2.75, 3.05) is 13.2 Å². The number of alkyl halides is 3. The van der Waals surface area contributed by atoms with Crippen LogP contribution >= 0.6 is 0 Å². The van der Waals surface area contributed by atoms with E-state index in [1.807, 2.05) is 12.1 Å². The lowest BCUT2D eigenvalue weighted by Crippen LogP contribution is -2.41. The van der Waals surface area contributed by atoms with Crippen LogP contribution in [0.5, 0.6) is 11.5 Å². The Morgan fingerprint density at radius 1 is 1.17 bits per heavy atom. The third-order valence-corrected chi connectivity index (χ3v) is 4.28. The molecule has 1 aliphatic heterocycles. The molecule has 1 atom stereocenters. The van der Waals surface area contributed by atoms with E-state index >= 15 is 0 Å². The second-order valence-electron chi connectivity index (χ2n) is 6.52. The fourth-order valence-electron chi connectivity index (χ4n) is 2.84. The Bertz CT molecular complexity index is 1050. The number of aromatic nitrogens is 4. The van der Waals surface area contributed by atoms with Crippen LogP contribution in [0.1, 0.15) is 5.56 Å². The molecule has 0 bridgehead atoms. The number of nitrogens with zero attached hydrogens (tertiary/aromatic N) is 4. The first-order chi connectivity index (χ1) is 14.4. The number of amides is 1. The van der Waals surface area contributed by atoms with Gasteiger partial charge in [0.1, 0.15) is 19.3 Å². The van der Waals surface area contributed by atoms with Crippen molar-refractivity contribution in [3.63, 3.8) is 0 Å². The molecule has 3 aromatic rings. The van der Waals surface area contributed by atoms with E-state index in [0.717, 1.165) is 16.9 Å². The summed E-state index contributed by atoms with van der Waals surface area (Å²) in [6, 6.07) is 11.8. The summed E-state index contributed by atoms with van der Waals surface area (Å²) in [5, 5.41) is 14.1. The van der Waals surface area contributed by atoms with E-state index < -0.39 is 17.6 Å². The first kappa shape index (κ1) is 19.7. The van der Waals surface area contributed by atoms with Crippen LogP contribution in [-0.2, 0) is 17.5 Å². The molecule has 1 aliphatic rings. The molecule has 8 nitrogen and oxygen atoms in total. The molecule has 0 unspecified atom stereocenters. The predicted molar refractivity (Wildman–Crippen MR) is 97.6 cm³/mol. The van der Waals surface area contributed by atoms with Crippen LogP contribution in [0.2, 0.25) is 0 Å². The molecule has 2 heterocycles. The second-order valence-corrected chi connectivity index (χ2v) is 6.52. The van der Waals surface area contributed by atoms with Crippen molar-refractivity contribution in [3.8, 4) is 22.9 Å². The van der Waals surface area contributed by atoms with Crippen molar-refractivity contribution in [1.29, 1.82) is 0 Å². The van der Waals surface area contributed by atoms with E-state index in [-0.39, 0.29) is 30.6 Å². The summed E-state index contributed by atoms with van der Waals surface area (Å²) in [5.74, 6) is 0.848. The van der Waals surface area contributed by atoms with Crippen molar-refractivity contribution < 1.29 is 27.4 Å². The number of fused-ring (bicyclic) bond motifs is 1. The SMILES string of the molecule is O=C(Cn1nnc(-c2cccc(C(F)(F)F)c2)n1)NC[C@H]1COc2ccccc2O1. The lowest BCUT2D eigenvalue weighted by molar-refractivity contribution is -0.137. The summed E-state index contributed by atoms with van der Waals surface area (Å²) in [4.78, 5) is 13.2. The zero-order valence-corrected chi connectivity index (χ0v) is 15.5. The highest BCUT2D eigenvalue weighted by Crippen LogP contribution is 2.31. The molecule has 30 heavy (non-hydrogen) atoms. The number of para-hydroxylation sites is 2. The normalized spacial score (nSPS) is 15.6. The first-order valence-electron chi connectivity index (χ1n) is 8.99.